The molecule has 112 valence electrons. The Morgan fingerprint density at radius 3 is 2.65 bits per heavy atom. The molecule has 2 unspecified atom stereocenters. The highest BCUT2D eigenvalue weighted by Crippen LogP contribution is 2.31. The zero-order valence-corrected chi connectivity index (χ0v) is 14.0. The van der Waals surface area contributed by atoms with Gasteiger partial charge in [0.05, 0.1) is 0 Å². The minimum atomic E-state index is 0.224. The Morgan fingerprint density at radius 2 is 2.05 bits per heavy atom. The van der Waals surface area contributed by atoms with Crippen LogP contribution in [0.4, 0.5) is 5.69 Å². The third-order valence-electron chi connectivity index (χ3n) is 5.09. The van der Waals surface area contributed by atoms with Crippen molar-refractivity contribution in [1.29, 1.82) is 0 Å². The SMILES string of the molecule is CCC1(C)CN(c2cccc(C)c2C)C(C(C)C)CN1. The molecule has 0 amide bonds. The third kappa shape index (κ3) is 2.85. The van der Waals surface area contributed by atoms with E-state index in [1.54, 1.807) is 0 Å². The molecule has 2 rings (SSSR count). The Labute approximate surface area is 124 Å². The summed E-state index contributed by atoms with van der Waals surface area (Å²) in [6.45, 7) is 15.9. The monoisotopic (exact) mass is 274 g/mol. The summed E-state index contributed by atoms with van der Waals surface area (Å²) in [6, 6.07) is 7.28. The molecule has 1 fully saturated rings. The molecule has 0 bridgehead atoms. The zero-order valence-electron chi connectivity index (χ0n) is 14.0. The van der Waals surface area contributed by atoms with Gasteiger partial charge >= 0.3 is 0 Å². The van der Waals surface area contributed by atoms with E-state index in [1.807, 2.05) is 0 Å². The summed E-state index contributed by atoms with van der Waals surface area (Å²) in [4.78, 5) is 2.65. The Kier molecular flexibility index (Phi) is 4.43. The maximum Gasteiger partial charge on any atom is 0.0438 e. The number of aryl methyl sites for hydroxylation is 1. The molecule has 1 heterocycles. The maximum absolute atomic E-state index is 3.77. The topological polar surface area (TPSA) is 15.3 Å². The van der Waals surface area contributed by atoms with Gasteiger partial charge in [0, 0.05) is 30.4 Å². The number of piperazine rings is 1. The first-order chi connectivity index (χ1) is 9.38. The highest BCUT2D eigenvalue weighted by Gasteiger charge is 2.36. The highest BCUT2D eigenvalue weighted by molar-refractivity contribution is 5.57. The number of benzene rings is 1. The summed E-state index contributed by atoms with van der Waals surface area (Å²) in [5.41, 5.74) is 4.46. The van der Waals surface area contributed by atoms with E-state index in [1.165, 1.54) is 23.2 Å². The van der Waals surface area contributed by atoms with E-state index < -0.39 is 0 Å². The lowest BCUT2D eigenvalue weighted by Crippen LogP contribution is -2.64. The predicted octanol–water partition coefficient (Wildman–Crippen LogP) is 3.91. The molecule has 0 aromatic heterocycles. The maximum atomic E-state index is 3.77. The lowest BCUT2D eigenvalue weighted by molar-refractivity contribution is 0.253. The second kappa shape index (κ2) is 5.77. The van der Waals surface area contributed by atoms with Gasteiger partial charge in [-0.2, -0.15) is 0 Å². The highest BCUT2D eigenvalue weighted by atomic mass is 15.3. The standard InChI is InChI=1S/C18H30N2/c1-7-18(6)12-20(17(11-19-18)13(2)3)16-10-8-9-14(4)15(16)5/h8-10,13,17,19H,7,11-12H2,1-6H3. The molecule has 0 spiro atoms. The second-order valence-corrected chi connectivity index (χ2v) is 6.95. The van der Waals surface area contributed by atoms with Gasteiger partial charge in [-0.05, 0) is 50.3 Å². The second-order valence-electron chi connectivity index (χ2n) is 6.95. The summed E-state index contributed by atoms with van der Waals surface area (Å²) < 4.78 is 0. The quantitative estimate of drug-likeness (QED) is 0.899. The first-order valence-electron chi connectivity index (χ1n) is 7.96. The van der Waals surface area contributed by atoms with Crippen LogP contribution in [0, 0.1) is 19.8 Å². The molecule has 1 aliphatic rings. The van der Waals surface area contributed by atoms with Gasteiger partial charge in [-0.3, -0.25) is 0 Å². The molecule has 1 aromatic carbocycles. The molecule has 2 atom stereocenters. The van der Waals surface area contributed by atoms with Gasteiger partial charge in [0.15, 0.2) is 0 Å². The van der Waals surface area contributed by atoms with Crippen LogP contribution in [0.25, 0.3) is 0 Å². The fourth-order valence-electron chi connectivity index (χ4n) is 3.15. The molecule has 1 aromatic rings. The van der Waals surface area contributed by atoms with Crippen LogP contribution < -0.4 is 10.2 Å². The molecule has 0 saturated carbocycles. The molecular weight excluding hydrogens is 244 g/mol. The van der Waals surface area contributed by atoms with Crippen LogP contribution >= 0.6 is 0 Å². The first-order valence-corrected chi connectivity index (χ1v) is 7.96. The van der Waals surface area contributed by atoms with Crippen LogP contribution in [0.5, 0.6) is 0 Å². The van der Waals surface area contributed by atoms with Crippen LogP contribution in [0.3, 0.4) is 0 Å². The Bertz CT molecular complexity index is 466. The van der Waals surface area contributed by atoms with E-state index in [-0.39, 0.29) is 5.54 Å². The molecule has 1 aliphatic heterocycles. The number of rotatable bonds is 3. The van der Waals surface area contributed by atoms with Crippen molar-refractivity contribution in [2.24, 2.45) is 5.92 Å². The fraction of sp³-hybridized carbons (Fsp3) is 0.667. The molecular formula is C18H30N2. The summed E-state index contributed by atoms with van der Waals surface area (Å²) in [5.74, 6) is 0.656. The third-order valence-corrected chi connectivity index (χ3v) is 5.09. The Hall–Kier alpha value is -1.02. The van der Waals surface area contributed by atoms with Crippen molar-refractivity contribution in [2.45, 2.75) is 59.5 Å². The summed E-state index contributed by atoms with van der Waals surface area (Å²) in [5, 5.41) is 3.77. The Morgan fingerprint density at radius 1 is 1.35 bits per heavy atom. The van der Waals surface area contributed by atoms with E-state index in [4.69, 9.17) is 0 Å². The largest absolute Gasteiger partial charge is 0.365 e. The van der Waals surface area contributed by atoms with E-state index >= 15 is 0 Å². The molecule has 1 saturated heterocycles. The van der Waals surface area contributed by atoms with Gasteiger partial charge in [0.1, 0.15) is 0 Å². The van der Waals surface area contributed by atoms with Crippen LogP contribution in [-0.4, -0.2) is 24.7 Å². The molecule has 20 heavy (non-hydrogen) atoms. The van der Waals surface area contributed by atoms with Gasteiger partial charge in [-0.15, -0.1) is 0 Å². The number of anilines is 1. The van der Waals surface area contributed by atoms with E-state index in [0.29, 0.717) is 12.0 Å². The van der Waals surface area contributed by atoms with E-state index in [2.05, 4.69) is 70.0 Å². The van der Waals surface area contributed by atoms with Crippen molar-refractivity contribution in [2.75, 3.05) is 18.0 Å². The number of nitrogens with one attached hydrogen (secondary N) is 1. The fourth-order valence-corrected chi connectivity index (χ4v) is 3.15. The van der Waals surface area contributed by atoms with Gasteiger partial charge in [-0.25, -0.2) is 0 Å². The van der Waals surface area contributed by atoms with E-state index in [9.17, 15) is 0 Å². The molecule has 1 N–H and O–H groups in total. The molecule has 0 aliphatic carbocycles. The lowest BCUT2D eigenvalue weighted by Gasteiger charge is -2.49. The van der Waals surface area contributed by atoms with Gasteiger partial charge in [0.2, 0.25) is 0 Å². The molecule has 2 nitrogen and oxygen atoms in total. The predicted molar refractivity (Wildman–Crippen MR) is 88.6 cm³/mol. The van der Waals surface area contributed by atoms with Gasteiger partial charge in [0.25, 0.3) is 0 Å². The van der Waals surface area contributed by atoms with Crippen LogP contribution in [0.1, 0.15) is 45.2 Å². The van der Waals surface area contributed by atoms with Crippen molar-refractivity contribution < 1.29 is 0 Å². The minimum Gasteiger partial charge on any atom is -0.365 e. The van der Waals surface area contributed by atoms with Crippen molar-refractivity contribution in [3.63, 3.8) is 0 Å². The number of hydrogen-bond donors (Lipinski definition) is 1. The molecule has 2 heteroatoms. The average molecular weight is 274 g/mol. The Balaban J connectivity index is 2.39. The summed E-state index contributed by atoms with van der Waals surface area (Å²) in [6.07, 6.45) is 1.17. The summed E-state index contributed by atoms with van der Waals surface area (Å²) >= 11 is 0. The number of hydrogen-bond acceptors (Lipinski definition) is 2. The zero-order chi connectivity index (χ0) is 14.9. The van der Waals surface area contributed by atoms with Crippen molar-refractivity contribution >= 4 is 5.69 Å². The minimum absolute atomic E-state index is 0.224. The number of nitrogens with zero attached hydrogens (tertiary/aromatic N) is 1. The van der Waals surface area contributed by atoms with Crippen LogP contribution in [0.2, 0.25) is 0 Å². The van der Waals surface area contributed by atoms with Crippen molar-refractivity contribution in [3.05, 3.63) is 29.3 Å². The van der Waals surface area contributed by atoms with Crippen LogP contribution in [-0.2, 0) is 0 Å². The summed E-state index contributed by atoms with van der Waals surface area (Å²) in [7, 11) is 0. The smallest absolute Gasteiger partial charge is 0.0438 e. The molecule has 0 radical (unpaired) electrons. The average Bonchev–Trinajstić information content (AvgIpc) is 2.41. The van der Waals surface area contributed by atoms with E-state index in [0.717, 1.165) is 13.1 Å². The van der Waals surface area contributed by atoms with Crippen molar-refractivity contribution in [1.82, 2.24) is 5.32 Å². The van der Waals surface area contributed by atoms with Gasteiger partial charge < -0.3 is 10.2 Å². The normalized spacial score (nSPS) is 27.1. The first kappa shape index (κ1) is 15.4. The lowest BCUT2D eigenvalue weighted by atomic mass is 9.88. The van der Waals surface area contributed by atoms with Gasteiger partial charge in [-0.1, -0.05) is 32.9 Å². The van der Waals surface area contributed by atoms with Crippen molar-refractivity contribution in [3.8, 4) is 0 Å². The van der Waals surface area contributed by atoms with Crippen LogP contribution in [0.15, 0.2) is 18.2 Å².